The van der Waals surface area contributed by atoms with Gasteiger partial charge in [-0.25, -0.2) is 9.37 Å². The molecule has 37 heavy (non-hydrogen) atoms. The molecule has 0 bridgehead atoms. The summed E-state index contributed by atoms with van der Waals surface area (Å²) in [7, 11) is 1.61. The third kappa shape index (κ3) is 5.80. The molecule has 0 N–H and O–H groups in total. The van der Waals surface area contributed by atoms with Gasteiger partial charge in [0, 0.05) is 55.9 Å². The lowest BCUT2D eigenvalue weighted by Gasteiger charge is -2.27. The van der Waals surface area contributed by atoms with Crippen LogP contribution >= 0.6 is 0 Å². The van der Waals surface area contributed by atoms with Gasteiger partial charge in [-0.05, 0) is 61.7 Å². The maximum atomic E-state index is 14.0. The van der Waals surface area contributed by atoms with Crippen molar-refractivity contribution in [2.45, 2.75) is 45.4 Å². The van der Waals surface area contributed by atoms with Crippen LogP contribution in [0.2, 0.25) is 0 Å². The molecule has 1 saturated heterocycles. The number of carbonyl (C=O) groups is 1. The van der Waals surface area contributed by atoms with E-state index in [-0.39, 0.29) is 17.8 Å². The van der Waals surface area contributed by atoms with Crippen LogP contribution in [0, 0.1) is 12.7 Å². The van der Waals surface area contributed by atoms with E-state index in [1.165, 1.54) is 12.1 Å². The zero-order valence-electron chi connectivity index (χ0n) is 21.2. The van der Waals surface area contributed by atoms with Gasteiger partial charge in [0.15, 0.2) is 0 Å². The number of aromatic nitrogens is 3. The fraction of sp³-hybridized carbons (Fsp3) is 0.345. The van der Waals surface area contributed by atoms with Crippen molar-refractivity contribution in [2.24, 2.45) is 0 Å². The van der Waals surface area contributed by atoms with Crippen molar-refractivity contribution in [3.63, 3.8) is 0 Å². The summed E-state index contributed by atoms with van der Waals surface area (Å²) in [6.45, 7) is 4.01. The Balaban J connectivity index is 1.51. The first-order valence-corrected chi connectivity index (χ1v) is 12.6. The minimum absolute atomic E-state index is 0.00752. The highest BCUT2D eigenvalue weighted by molar-refractivity contribution is 5.85. The molecule has 4 aromatic rings. The molecule has 1 aliphatic heterocycles. The average molecular weight is 503 g/mol. The van der Waals surface area contributed by atoms with Crippen LogP contribution in [0.25, 0.3) is 22.2 Å². The molecule has 0 spiro atoms. The molecule has 0 aliphatic carbocycles. The number of amides is 1. The first-order chi connectivity index (χ1) is 18.0. The number of rotatable bonds is 9. The molecule has 8 heteroatoms. The molecule has 1 atom stereocenters. The van der Waals surface area contributed by atoms with Gasteiger partial charge in [0.1, 0.15) is 11.6 Å². The van der Waals surface area contributed by atoms with E-state index in [4.69, 9.17) is 14.5 Å². The van der Waals surface area contributed by atoms with Crippen molar-refractivity contribution in [3.8, 4) is 17.0 Å². The molecular formula is C29H31FN4O3. The molecule has 0 radical (unpaired) electrons. The maximum Gasteiger partial charge on any atom is 0.224 e. The Kier molecular flexibility index (Phi) is 7.46. The lowest BCUT2D eigenvalue weighted by atomic mass is 10.0. The van der Waals surface area contributed by atoms with E-state index in [0.29, 0.717) is 43.0 Å². The normalized spacial score (nSPS) is 15.3. The van der Waals surface area contributed by atoms with Crippen molar-refractivity contribution >= 4 is 16.8 Å². The summed E-state index contributed by atoms with van der Waals surface area (Å²) >= 11 is 0. The first kappa shape index (κ1) is 24.9. The van der Waals surface area contributed by atoms with E-state index in [9.17, 15) is 9.18 Å². The van der Waals surface area contributed by atoms with Crippen LogP contribution in [0.1, 0.15) is 30.5 Å². The molecule has 1 fully saturated rings. The highest BCUT2D eigenvalue weighted by Gasteiger charge is 2.25. The minimum Gasteiger partial charge on any atom is -0.496 e. The van der Waals surface area contributed by atoms with Crippen LogP contribution < -0.4 is 4.74 Å². The quantitative estimate of drug-likeness (QED) is 0.317. The van der Waals surface area contributed by atoms with Gasteiger partial charge >= 0.3 is 0 Å². The van der Waals surface area contributed by atoms with E-state index >= 15 is 0 Å². The number of aryl methyl sites for hydroxylation is 2. The number of halogens is 1. The standard InChI is InChI=1S/C29H31FN4O3/c1-20-11-13-34(32-20)14-12-28(35)33(19-24-6-5-15-37-24)18-22-16-21-9-10-23(30)17-26(21)31-29(22)25-7-3-4-8-27(25)36-2/h3-4,7-11,13,16-17,24H,5-6,12,14-15,18-19H2,1-2H3. The Morgan fingerprint density at radius 3 is 2.84 bits per heavy atom. The van der Waals surface area contributed by atoms with Gasteiger partial charge in [-0.15, -0.1) is 0 Å². The fourth-order valence-electron chi connectivity index (χ4n) is 4.83. The Morgan fingerprint density at radius 2 is 2.08 bits per heavy atom. The SMILES string of the molecule is COc1ccccc1-c1nc2cc(F)ccc2cc1CN(CC1CCCO1)C(=O)CCn1ccc(C)n1. The van der Waals surface area contributed by atoms with Crippen molar-refractivity contribution in [1.29, 1.82) is 0 Å². The number of methoxy groups -OCH3 is 1. The van der Waals surface area contributed by atoms with Gasteiger partial charge in [0.2, 0.25) is 5.91 Å². The molecule has 0 saturated carbocycles. The largest absolute Gasteiger partial charge is 0.496 e. The predicted octanol–water partition coefficient (Wildman–Crippen LogP) is 5.15. The summed E-state index contributed by atoms with van der Waals surface area (Å²) in [5.74, 6) is 0.342. The second kappa shape index (κ2) is 11.1. The average Bonchev–Trinajstić information content (AvgIpc) is 3.58. The van der Waals surface area contributed by atoms with Crippen LogP contribution in [0.3, 0.4) is 0 Å². The van der Waals surface area contributed by atoms with E-state index in [1.54, 1.807) is 17.9 Å². The Hall–Kier alpha value is -3.78. The number of ether oxygens (including phenoxy) is 2. The molecule has 1 amide bonds. The first-order valence-electron chi connectivity index (χ1n) is 12.6. The van der Waals surface area contributed by atoms with Crippen molar-refractivity contribution in [2.75, 3.05) is 20.3 Å². The molecule has 2 aromatic carbocycles. The third-order valence-electron chi connectivity index (χ3n) is 6.71. The smallest absolute Gasteiger partial charge is 0.224 e. The summed E-state index contributed by atoms with van der Waals surface area (Å²) in [4.78, 5) is 20.2. The summed E-state index contributed by atoms with van der Waals surface area (Å²) in [6.07, 6.45) is 4.14. The number of pyridine rings is 1. The van der Waals surface area contributed by atoms with Crippen LogP contribution in [0.5, 0.6) is 5.75 Å². The van der Waals surface area contributed by atoms with Crippen molar-refractivity contribution in [3.05, 3.63) is 77.9 Å². The van der Waals surface area contributed by atoms with Gasteiger partial charge in [-0.2, -0.15) is 5.10 Å². The lowest BCUT2D eigenvalue weighted by Crippen LogP contribution is -2.37. The number of para-hydroxylation sites is 1. The number of hydrogen-bond acceptors (Lipinski definition) is 5. The molecular weight excluding hydrogens is 471 g/mol. The monoisotopic (exact) mass is 502 g/mol. The second-order valence-corrected chi connectivity index (χ2v) is 9.41. The van der Waals surface area contributed by atoms with E-state index in [1.807, 2.05) is 54.4 Å². The minimum atomic E-state index is -0.345. The molecule has 5 rings (SSSR count). The van der Waals surface area contributed by atoms with Gasteiger partial charge in [0.25, 0.3) is 0 Å². The van der Waals surface area contributed by atoms with E-state index < -0.39 is 0 Å². The topological polar surface area (TPSA) is 69.5 Å². The van der Waals surface area contributed by atoms with Crippen LogP contribution in [-0.2, 0) is 22.6 Å². The van der Waals surface area contributed by atoms with Gasteiger partial charge < -0.3 is 14.4 Å². The molecule has 3 heterocycles. The summed E-state index contributed by atoms with van der Waals surface area (Å²) < 4.78 is 27.3. The fourth-order valence-corrected chi connectivity index (χ4v) is 4.83. The number of fused-ring (bicyclic) bond motifs is 1. The number of benzene rings is 2. The van der Waals surface area contributed by atoms with E-state index in [0.717, 1.165) is 41.7 Å². The number of nitrogens with zero attached hydrogens (tertiary/aromatic N) is 4. The third-order valence-corrected chi connectivity index (χ3v) is 6.71. The Labute approximate surface area is 215 Å². The molecule has 1 aliphatic rings. The van der Waals surface area contributed by atoms with Gasteiger partial charge in [0.05, 0.1) is 30.1 Å². The maximum absolute atomic E-state index is 14.0. The molecule has 7 nitrogen and oxygen atoms in total. The Morgan fingerprint density at radius 1 is 1.22 bits per heavy atom. The van der Waals surface area contributed by atoms with Gasteiger partial charge in [-0.3, -0.25) is 9.48 Å². The second-order valence-electron chi connectivity index (χ2n) is 9.41. The Bertz CT molecular complexity index is 1400. The van der Waals surface area contributed by atoms with Crippen LogP contribution in [-0.4, -0.2) is 51.9 Å². The highest BCUT2D eigenvalue weighted by Crippen LogP contribution is 2.33. The van der Waals surface area contributed by atoms with Crippen molar-refractivity contribution < 1.29 is 18.7 Å². The van der Waals surface area contributed by atoms with Crippen LogP contribution in [0.15, 0.2) is 60.8 Å². The number of carbonyl (C=O) groups excluding carboxylic acids is 1. The van der Waals surface area contributed by atoms with Crippen LogP contribution in [0.4, 0.5) is 4.39 Å². The molecule has 2 aromatic heterocycles. The lowest BCUT2D eigenvalue weighted by molar-refractivity contribution is -0.133. The van der Waals surface area contributed by atoms with Gasteiger partial charge in [-0.1, -0.05) is 12.1 Å². The zero-order chi connectivity index (χ0) is 25.8. The zero-order valence-corrected chi connectivity index (χ0v) is 21.2. The van der Waals surface area contributed by atoms with Crippen molar-refractivity contribution in [1.82, 2.24) is 19.7 Å². The summed E-state index contributed by atoms with van der Waals surface area (Å²) in [5.41, 5.74) is 3.80. The summed E-state index contributed by atoms with van der Waals surface area (Å²) in [6, 6.07) is 16.1. The highest BCUT2D eigenvalue weighted by atomic mass is 19.1. The summed E-state index contributed by atoms with van der Waals surface area (Å²) in [5, 5.41) is 5.22. The molecule has 1 unspecified atom stereocenters. The number of hydrogen-bond donors (Lipinski definition) is 0. The predicted molar refractivity (Wildman–Crippen MR) is 140 cm³/mol. The molecule has 192 valence electrons. The van der Waals surface area contributed by atoms with E-state index in [2.05, 4.69) is 5.10 Å².